The van der Waals surface area contributed by atoms with Crippen LogP contribution in [0.5, 0.6) is 0 Å². The van der Waals surface area contributed by atoms with E-state index in [0.29, 0.717) is 17.2 Å². The normalized spacial score (nSPS) is 12.6. The molecule has 2 aromatic heterocycles. The summed E-state index contributed by atoms with van der Waals surface area (Å²) in [7, 11) is 1.93. The van der Waals surface area contributed by atoms with E-state index in [-0.39, 0.29) is 11.8 Å². The number of fused-ring (bicyclic) bond motifs is 1. The third-order valence-corrected chi connectivity index (χ3v) is 6.50. The molecule has 0 unspecified atom stereocenters. The minimum atomic E-state index is -0.228. The van der Waals surface area contributed by atoms with Crippen LogP contribution in [0.15, 0.2) is 60.9 Å². The van der Waals surface area contributed by atoms with Crippen LogP contribution < -0.4 is 10.2 Å². The standard InChI is InChI=1S/C24H21N5O2S/c1-15(30)29-12-10-17-14-18(8-9-19(17)29)23(31)27-24-26-20(16-6-4-3-5-7-16)21(32-24)22-25-11-13-28(22)2/h3-9,11,13-14H,10,12H2,1-2H3,(H,26,27,31). The molecule has 3 heterocycles. The van der Waals surface area contributed by atoms with Crippen LogP contribution in [0.2, 0.25) is 0 Å². The van der Waals surface area contributed by atoms with Gasteiger partial charge in [-0.25, -0.2) is 9.97 Å². The van der Waals surface area contributed by atoms with Gasteiger partial charge in [-0.3, -0.25) is 14.9 Å². The molecular formula is C24H21N5O2S. The molecule has 1 aliphatic heterocycles. The van der Waals surface area contributed by atoms with Crippen molar-refractivity contribution in [3.05, 3.63) is 72.1 Å². The summed E-state index contributed by atoms with van der Waals surface area (Å²) < 4.78 is 1.94. The maximum atomic E-state index is 13.0. The van der Waals surface area contributed by atoms with Gasteiger partial charge in [-0.1, -0.05) is 41.7 Å². The number of amides is 2. The second-order valence-electron chi connectivity index (χ2n) is 7.64. The second kappa shape index (κ2) is 8.05. The van der Waals surface area contributed by atoms with Crippen LogP contribution >= 0.6 is 11.3 Å². The quantitative estimate of drug-likeness (QED) is 0.508. The molecule has 0 saturated heterocycles. The van der Waals surface area contributed by atoms with Gasteiger partial charge in [0.15, 0.2) is 11.0 Å². The molecule has 7 nitrogen and oxygen atoms in total. The Hall–Kier alpha value is -3.78. The van der Waals surface area contributed by atoms with E-state index in [0.717, 1.165) is 39.6 Å². The molecule has 4 aromatic rings. The fourth-order valence-corrected chi connectivity index (χ4v) is 4.96. The number of aryl methyl sites for hydroxylation is 1. The first-order valence-corrected chi connectivity index (χ1v) is 11.1. The van der Waals surface area contributed by atoms with Gasteiger partial charge in [-0.15, -0.1) is 0 Å². The lowest BCUT2D eigenvalue weighted by Gasteiger charge is -2.14. The third kappa shape index (κ3) is 3.58. The average molecular weight is 444 g/mol. The SMILES string of the molecule is CC(=O)N1CCc2cc(C(=O)Nc3nc(-c4ccccc4)c(-c4nccn4C)s3)ccc21. The first-order chi connectivity index (χ1) is 15.5. The number of benzene rings is 2. The molecule has 1 aliphatic rings. The van der Waals surface area contributed by atoms with Gasteiger partial charge < -0.3 is 9.47 Å². The van der Waals surface area contributed by atoms with Crippen LogP contribution in [-0.4, -0.2) is 32.9 Å². The Morgan fingerprint density at radius 2 is 1.94 bits per heavy atom. The van der Waals surface area contributed by atoms with Gasteiger partial charge in [-0.2, -0.15) is 0 Å². The summed E-state index contributed by atoms with van der Waals surface area (Å²) in [5, 5.41) is 3.46. The first-order valence-electron chi connectivity index (χ1n) is 10.3. The number of carbonyl (C=O) groups excluding carboxylic acids is 2. The van der Waals surface area contributed by atoms with Gasteiger partial charge in [0, 0.05) is 49.7 Å². The Morgan fingerprint density at radius 1 is 1.12 bits per heavy atom. The number of nitrogens with zero attached hydrogens (tertiary/aromatic N) is 4. The number of aromatic nitrogens is 3. The number of imidazole rings is 1. The Bertz CT molecular complexity index is 1330. The Morgan fingerprint density at radius 3 is 2.66 bits per heavy atom. The number of anilines is 2. The smallest absolute Gasteiger partial charge is 0.257 e. The molecule has 0 aliphatic carbocycles. The van der Waals surface area contributed by atoms with Gasteiger partial charge >= 0.3 is 0 Å². The maximum Gasteiger partial charge on any atom is 0.257 e. The van der Waals surface area contributed by atoms with Crippen molar-refractivity contribution in [3.8, 4) is 22.0 Å². The maximum absolute atomic E-state index is 13.0. The summed E-state index contributed by atoms with van der Waals surface area (Å²) in [4.78, 5) is 36.6. The monoisotopic (exact) mass is 443 g/mol. The molecule has 0 bridgehead atoms. The van der Waals surface area contributed by atoms with Crippen LogP contribution in [0.3, 0.4) is 0 Å². The lowest BCUT2D eigenvalue weighted by atomic mass is 10.1. The highest BCUT2D eigenvalue weighted by Gasteiger charge is 2.24. The van der Waals surface area contributed by atoms with Crippen molar-refractivity contribution in [1.82, 2.24) is 14.5 Å². The van der Waals surface area contributed by atoms with Crippen molar-refractivity contribution in [2.24, 2.45) is 7.05 Å². The van der Waals surface area contributed by atoms with E-state index in [1.54, 1.807) is 24.1 Å². The Labute approximate surface area is 189 Å². The number of carbonyl (C=O) groups is 2. The van der Waals surface area contributed by atoms with Crippen molar-refractivity contribution in [2.75, 3.05) is 16.8 Å². The predicted octanol–water partition coefficient (Wildman–Crippen LogP) is 4.37. The van der Waals surface area contributed by atoms with Crippen LogP contribution in [0.25, 0.3) is 22.0 Å². The lowest BCUT2D eigenvalue weighted by Crippen LogP contribution is -2.25. The predicted molar refractivity (Wildman–Crippen MR) is 126 cm³/mol. The van der Waals surface area contributed by atoms with Crippen LogP contribution in [-0.2, 0) is 18.3 Å². The molecule has 2 amide bonds. The number of hydrogen-bond acceptors (Lipinski definition) is 5. The van der Waals surface area contributed by atoms with E-state index in [2.05, 4.69) is 10.3 Å². The molecule has 0 atom stereocenters. The van der Waals surface area contributed by atoms with Gasteiger partial charge in [0.2, 0.25) is 5.91 Å². The van der Waals surface area contributed by atoms with E-state index in [1.807, 2.05) is 60.3 Å². The number of rotatable bonds is 4. The van der Waals surface area contributed by atoms with Gasteiger partial charge in [0.1, 0.15) is 0 Å². The van der Waals surface area contributed by atoms with Crippen LogP contribution in [0.4, 0.5) is 10.8 Å². The first kappa shape index (κ1) is 20.1. The van der Waals surface area contributed by atoms with Gasteiger partial charge in [0.05, 0.1) is 10.6 Å². The molecule has 0 saturated carbocycles. The number of hydrogen-bond donors (Lipinski definition) is 1. The van der Waals surface area contributed by atoms with E-state index in [9.17, 15) is 9.59 Å². The summed E-state index contributed by atoms with van der Waals surface area (Å²) >= 11 is 1.40. The molecule has 1 N–H and O–H groups in total. The van der Waals surface area contributed by atoms with Gasteiger partial charge in [0.25, 0.3) is 5.91 Å². The molecule has 0 radical (unpaired) electrons. The van der Waals surface area contributed by atoms with Crippen molar-refractivity contribution >= 4 is 34.0 Å². The van der Waals surface area contributed by atoms with E-state index >= 15 is 0 Å². The van der Waals surface area contributed by atoms with Gasteiger partial charge in [-0.05, 0) is 30.2 Å². The van der Waals surface area contributed by atoms with E-state index in [4.69, 9.17) is 4.98 Å². The summed E-state index contributed by atoms with van der Waals surface area (Å²) in [6, 6.07) is 15.3. The number of thiazole rings is 1. The number of nitrogens with one attached hydrogen (secondary N) is 1. The topological polar surface area (TPSA) is 80.1 Å². The fraction of sp³-hybridized carbons (Fsp3) is 0.167. The highest BCUT2D eigenvalue weighted by atomic mass is 32.1. The molecule has 0 fully saturated rings. The highest BCUT2D eigenvalue weighted by molar-refractivity contribution is 7.19. The van der Waals surface area contributed by atoms with Crippen LogP contribution in [0.1, 0.15) is 22.8 Å². The molecule has 0 spiro atoms. The zero-order chi connectivity index (χ0) is 22.2. The van der Waals surface area contributed by atoms with Crippen LogP contribution in [0, 0.1) is 0 Å². The summed E-state index contributed by atoms with van der Waals surface area (Å²) in [6.45, 7) is 2.21. The molecule has 160 valence electrons. The van der Waals surface area contributed by atoms with Crippen molar-refractivity contribution in [1.29, 1.82) is 0 Å². The largest absolute Gasteiger partial charge is 0.333 e. The highest BCUT2D eigenvalue weighted by Crippen LogP contribution is 2.38. The minimum absolute atomic E-state index is 0.0130. The van der Waals surface area contributed by atoms with Crippen molar-refractivity contribution in [2.45, 2.75) is 13.3 Å². The zero-order valence-electron chi connectivity index (χ0n) is 17.7. The lowest BCUT2D eigenvalue weighted by molar-refractivity contribution is -0.116. The summed E-state index contributed by atoms with van der Waals surface area (Å²) in [6.07, 6.45) is 4.38. The molecule has 2 aromatic carbocycles. The summed E-state index contributed by atoms with van der Waals surface area (Å²) in [5.41, 5.74) is 4.18. The molecular weight excluding hydrogens is 422 g/mol. The Kier molecular flexibility index (Phi) is 5.07. The van der Waals surface area contributed by atoms with Crippen molar-refractivity contribution < 1.29 is 9.59 Å². The minimum Gasteiger partial charge on any atom is -0.333 e. The summed E-state index contributed by atoms with van der Waals surface area (Å²) in [5.74, 6) is 0.580. The third-order valence-electron chi connectivity index (χ3n) is 5.54. The Balaban J connectivity index is 1.46. The second-order valence-corrected chi connectivity index (χ2v) is 8.64. The zero-order valence-corrected chi connectivity index (χ0v) is 18.5. The average Bonchev–Trinajstić information content (AvgIpc) is 3.51. The molecule has 8 heteroatoms. The fourth-order valence-electron chi connectivity index (χ4n) is 3.94. The van der Waals surface area contributed by atoms with E-state index in [1.165, 1.54) is 11.3 Å². The molecule has 32 heavy (non-hydrogen) atoms. The van der Waals surface area contributed by atoms with E-state index < -0.39 is 0 Å². The molecule has 5 rings (SSSR count). The van der Waals surface area contributed by atoms with Crippen molar-refractivity contribution in [3.63, 3.8) is 0 Å².